The summed E-state index contributed by atoms with van der Waals surface area (Å²) in [5.74, 6) is 0.939. The lowest BCUT2D eigenvalue weighted by Crippen LogP contribution is -2.04. The first-order chi connectivity index (χ1) is 9.79. The van der Waals surface area contributed by atoms with Crippen molar-refractivity contribution < 1.29 is 17.7 Å². The molecule has 6 heteroatoms. The van der Waals surface area contributed by atoms with Gasteiger partial charge < -0.3 is 4.74 Å². The molecular formula is C15H23ClO4S. The van der Waals surface area contributed by atoms with E-state index in [0.29, 0.717) is 29.7 Å². The monoisotopic (exact) mass is 334 g/mol. The molecule has 120 valence electrons. The Labute approximate surface area is 132 Å². The maximum absolute atomic E-state index is 10.5. The zero-order valence-corrected chi connectivity index (χ0v) is 14.1. The number of hydrogen-bond donors (Lipinski definition) is 1. The quantitative estimate of drug-likeness (QED) is 0.540. The van der Waals surface area contributed by atoms with Crippen LogP contribution in [0.25, 0.3) is 0 Å². The SMILES string of the molecule is CC(C)c1ccc(OCCCCCCS(=O)(=O)O)c(Cl)c1. The summed E-state index contributed by atoms with van der Waals surface area (Å²) in [4.78, 5) is 0. The average Bonchev–Trinajstić information content (AvgIpc) is 2.37. The van der Waals surface area contributed by atoms with Gasteiger partial charge in [-0.1, -0.05) is 44.4 Å². The molecule has 0 saturated heterocycles. The fourth-order valence-corrected chi connectivity index (χ4v) is 2.73. The Morgan fingerprint density at radius 3 is 2.43 bits per heavy atom. The van der Waals surface area contributed by atoms with Gasteiger partial charge in [0.15, 0.2) is 0 Å². The third-order valence-corrected chi connectivity index (χ3v) is 4.28. The van der Waals surface area contributed by atoms with E-state index >= 15 is 0 Å². The molecule has 1 N–H and O–H groups in total. The molecule has 0 bridgehead atoms. The minimum Gasteiger partial charge on any atom is -0.492 e. The van der Waals surface area contributed by atoms with Crippen LogP contribution in [-0.2, 0) is 10.1 Å². The molecule has 0 radical (unpaired) electrons. The van der Waals surface area contributed by atoms with Crippen LogP contribution in [0.3, 0.4) is 0 Å². The lowest BCUT2D eigenvalue weighted by Gasteiger charge is -2.11. The van der Waals surface area contributed by atoms with E-state index < -0.39 is 10.1 Å². The highest BCUT2D eigenvalue weighted by Crippen LogP contribution is 2.28. The van der Waals surface area contributed by atoms with Crippen LogP contribution in [0.2, 0.25) is 5.02 Å². The fraction of sp³-hybridized carbons (Fsp3) is 0.600. The molecule has 0 amide bonds. The third kappa shape index (κ3) is 7.69. The molecule has 1 aromatic rings. The van der Waals surface area contributed by atoms with E-state index in [0.717, 1.165) is 19.3 Å². The summed E-state index contributed by atoms with van der Waals surface area (Å²) in [6.45, 7) is 4.77. The molecule has 0 fully saturated rings. The lowest BCUT2D eigenvalue weighted by atomic mass is 10.0. The van der Waals surface area contributed by atoms with Gasteiger partial charge in [0.2, 0.25) is 0 Å². The maximum atomic E-state index is 10.5. The van der Waals surface area contributed by atoms with Crippen LogP contribution in [-0.4, -0.2) is 25.3 Å². The molecule has 0 unspecified atom stereocenters. The Hall–Kier alpha value is -0.780. The number of hydrogen-bond acceptors (Lipinski definition) is 3. The molecule has 0 heterocycles. The van der Waals surface area contributed by atoms with Crippen molar-refractivity contribution in [1.82, 2.24) is 0 Å². The molecule has 0 atom stereocenters. The normalized spacial score (nSPS) is 11.9. The third-order valence-electron chi connectivity index (χ3n) is 3.18. The van der Waals surface area contributed by atoms with Crippen molar-refractivity contribution in [2.45, 2.75) is 45.4 Å². The van der Waals surface area contributed by atoms with Gasteiger partial charge in [-0.3, -0.25) is 4.55 Å². The number of unbranched alkanes of at least 4 members (excludes halogenated alkanes) is 3. The van der Waals surface area contributed by atoms with E-state index in [1.165, 1.54) is 5.56 Å². The van der Waals surface area contributed by atoms with E-state index in [4.69, 9.17) is 20.9 Å². The highest BCUT2D eigenvalue weighted by atomic mass is 35.5. The first-order valence-electron chi connectivity index (χ1n) is 7.17. The largest absolute Gasteiger partial charge is 0.492 e. The van der Waals surface area contributed by atoms with Gasteiger partial charge in [0.05, 0.1) is 17.4 Å². The Kier molecular flexibility index (Phi) is 7.49. The van der Waals surface area contributed by atoms with E-state index in [1.807, 2.05) is 18.2 Å². The summed E-state index contributed by atoms with van der Waals surface area (Å²) in [7, 11) is -3.83. The van der Waals surface area contributed by atoms with Crippen molar-refractivity contribution in [1.29, 1.82) is 0 Å². The van der Waals surface area contributed by atoms with Gasteiger partial charge in [-0.2, -0.15) is 8.42 Å². The summed E-state index contributed by atoms with van der Waals surface area (Å²) in [6.07, 6.45) is 2.91. The van der Waals surface area contributed by atoms with Gasteiger partial charge in [0.25, 0.3) is 10.1 Å². The van der Waals surface area contributed by atoms with Crippen LogP contribution in [0.1, 0.15) is 51.0 Å². The molecule has 0 spiro atoms. The standard InChI is InChI=1S/C15H23ClO4S/c1-12(2)13-7-8-15(14(16)11-13)20-9-5-3-4-6-10-21(17,18)19/h7-8,11-12H,3-6,9-10H2,1-2H3,(H,17,18,19). The first-order valence-corrected chi connectivity index (χ1v) is 9.15. The van der Waals surface area contributed by atoms with E-state index in [9.17, 15) is 8.42 Å². The second-order valence-corrected chi connectivity index (χ2v) is 7.37. The summed E-state index contributed by atoms with van der Waals surface area (Å²) >= 11 is 6.17. The van der Waals surface area contributed by atoms with Crippen LogP contribution in [0.15, 0.2) is 18.2 Å². The molecule has 0 saturated carbocycles. The van der Waals surface area contributed by atoms with Crippen molar-refractivity contribution in [2.75, 3.05) is 12.4 Å². The molecule has 0 aliphatic heterocycles. The predicted octanol–water partition coefficient (Wildman–Crippen LogP) is 4.29. The van der Waals surface area contributed by atoms with Crippen molar-refractivity contribution >= 4 is 21.7 Å². The second-order valence-electron chi connectivity index (χ2n) is 5.39. The molecule has 0 aromatic heterocycles. The Balaban J connectivity index is 2.24. The molecule has 1 aromatic carbocycles. The molecule has 0 aliphatic carbocycles. The van der Waals surface area contributed by atoms with E-state index in [1.54, 1.807) is 0 Å². The summed E-state index contributed by atoms with van der Waals surface area (Å²) in [5, 5.41) is 0.618. The maximum Gasteiger partial charge on any atom is 0.264 e. The van der Waals surface area contributed by atoms with Crippen LogP contribution >= 0.6 is 11.6 Å². The molecule has 1 rings (SSSR count). The van der Waals surface area contributed by atoms with Gasteiger partial charge in [0, 0.05) is 0 Å². The summed E-state index contributed by atoms with van der Waals surface area (Å²) < 4.78 is 35.3. The van der Waals surface area contributed by atoms with Gasteiger partial charge in [-0.15, -0.1) is 0 Å². The predicted molar refractivity (Wildman–Crippen MR) is 85.9 cm³/mol. The minimum atomic E-state index is -3.83. The Bertz CT molecular complexity index is 541. The number of halogens is 1. The van der Waals surface area contributed by atoms with E-state index in [-0.39, 0.29) is 5.75 Å². The molecule has 21 heavy (non-hydrogen) atoms. The lowest BCUT2D eigenvalue weighted by molar-refractivity contribution is 0.305. The van der Waals surface area contributed by atoms with Gasteiger partial charge in [-0.05, 0) is 36.5 Å². The van der Waals surface area contributed by atoms with Gasteiger partial charge in [-0.25, -0.2) is 0 Å². The Morgan fingerprint density at radius 1 is 1.19 bits per heavy atom. The molecule has 4 nitrogen and oxygen atoms in total. The van der Waals surface area contributed by atoms with Crippen LogP contribution in [0, 0.1) is 0 Å². The van der Waals surface area contributed by atoms with Crippen LogP contribution < -0.4 is 4.74 Å². The summed E-state index contributed by atoms with van der Waals surface area (Å²) in [5.41, 5.74) is 1.18. The number of rotatable bonds is 9. The topological polar surface area (TPSA) is 63.6 Å². The zero-order valence-electron chi connectivity index (χ0n) is 12.5. The molecule has 0 aliphatic rings. The van der Waals surface area contributed by atoms with Crippen molar-refractivity contribution in [3.8, 4) is 5.75 Å². The second kappa shape index (κ2) is 8.61. The number of benzene rings is 1. The number of ether oxygens (including phenoxy) is 1. The fourth-order valence-electron chi connectivity index (χ4n) is 1.92. The van der Waals surface area contributed by atoms with Gasteiger partial charge >= 0.3 is 0 Å². The summed E-state index contributed by atoms with van der Waals surface area (Å²) in [6, 6.07) is 5.82. The first kappa shape index (κ1) is 18.3. The van der Waals surface area contributed by atoms with Crippen molar-refractivity contribution in [3.05, 3.63) is 28.8 Å². The highest BCUT2D eigenvalue weighted by Gasteiger charge is 2.06. The highest BCUT2D eigenvalue weighted by molar-refractivity contribution is 7.85. The van der Waals surface area contributed by atoms with Crippen molar-refractivity contribution in [2.24, 2.45) is 0 Å². The van der Waals surface area contributed by atoms with Crippen molar-refractivity contribution in [3.63, 3.8) is 0 Å². The molecular weight excluding hydrogens is 312 g/mol. The Morgan fingerprint density at radius 2 is 1.86 bits per heavy atom. The van der Waals surface area contributed by atoms with Crippen LogP contribution in [0.4, 0.5) is 0 Å². The average molecular weight is 335 g/mol. The van der Waals surface area contributed by atoms with Gasteiger partial charge in [0.1, 0.15) is 5.75 Å². The van der Waals surface area contributed by atoms with E-state index in [2.05, 4.69) is 13.8 Å². The zero-order chi connectivity index (χ0) is 15.9. The van der Waals surface area contributed by atoms with Crippen LogP contribution in [0.5, 0.6) is 5.75 Å². The smallest absolute Gasteiger partial charge is 0.264 e. The minimum absolute atomic E-state index is 0.170.